The lowest BCUT2D eigenvalue weighted by Gasteiger charge is -2.11. The molecule has 0 saturated carbocycles. The zero-order valence-corrected chi connectivity index (χ0v) is 17.2. The van der Waals surface area contributed by atoms with Gasteiger partial charge in [-0.05, 0) is 66.3 Å². The molecule has 3 N–H and O–H groups in total. The van der Waals surface area contributed by atoms with Crippen LogP contribution in [0, 0.1) is 0 Å². The summed E-state index contributed by atoms with van der Waals surface area (Å²) >= 11 is 5.20. The molecule has 0 aromatic heterocycles. The molecule has 7 heteroatoms. The van der Waals surface area contributed by atoms with E-state index in [9.17, 15) is 9.59 Å². The van der Waals surface area contributed by atoms with Crippen LogP contribution in [0.4, 0.5) is 11.4 Å². The summed E-state index contributed by atoms with van der Waals surface area (Å²) in [5.74, 6) is 0.335. The monoisotopic (exact) mass is 419 g/mol. The second-order valence-electron chi connectivity index (χ2n) is 6.42. The maximum absolute atomic E-state index is 12.2. The molecular weight excluding hydrogens is 398 g/mol. The van der Waals surface area contributed by atoms with Crippen molar-refractivity contribution in [2.24, 2.45) is 0 Å². The lowest BCUT2D eigenvalue weighted by atomic mass is 10.1. The summed E-state index contributed by atoms with van der Waals surface area (Å²) in [4.78, 5) is 24.3. The van der Waals surface area contributed by atoms with Gasteiger partial charge in [0.2, 0.25) is 5.91 Å². The molecule has 3 rings (SSSR count). The summed E-state index contributed by atoms with van der Waals surface area (Å²) in [7, 11) is 1.59. The normalized spacial score (nSPS) is 10.0. The smallest absolute Gasteiger partial charge is 0.255 e. The van der Waals surface area contributed by atoms with Crippen LogP contribution in [-0.4, -0.2) is 24.0 Å². The van der Waals surface area contributed by atoms with Crippen LogP contribution >= 0.6 is 12.2 Å². The maximum atomic E-state index is 12.2. The molecular formula is C23H21N3O3S. The molecule has 0 radical (unpaired) electrons. The van der Waals surface area contributed by atoms with Crippen LogP contribution in [0.1, 0.15) is 15.9 Å². The molecule has 0 bridgehead atoms. The van der Waals surface area contributed by atoms with Crippen LogP contribution in [0.5, 0.6) is 5.75 Å². The van der Waals surface area contributed by atoms with E-state index >= 15 is 0 Å². The molecule has 0 aliphatic rings. The van der Waals surface area contributed by atoms with Crippen LogP contribution in [0.2, 0.25) is 0 Å². The number of ether oxygens (including phenoxy) is 1. The number of carbonyl (C=O) groups excluding carboxylic acids is 2. The van der Waals surface area contributed by atoms with Crippen molar-refractivity contribution in [1.82, 2.24) is 5.32 Å². The van der Waals surface area contributed by atoms with E-state index in [0.717, 1.165) is 11.3 Å². The number of anilines is 2. The quantitative estimate of drug-likeness (QED) is 0.526. The van der Waals surface area contributed by atoms with Crippen molar-refractivity contribution >= 4 is 40.5 Å². The lowest BCUT2D eigenvalue weighted by Crippen LogP contribution is -2.35. The number of hydrogen-bond donors (Lipinski definition) is 3. The summed E-state index contributed by atoms with van der Waals surface area (Å²) in [5, 5.41) is 8.64. The Morgan fingerprint density at radius 1 is 0.833 bits per heavy atom. The molecule has 30 heavy (non-hydrogen) atoms. The van der Waals surface area contributed by atoms with Gasteiger partial charge in [-0.15, -0.1) is 0 Å². The van der Waals surface area contributed by atoms with Gasteiger partial charge in [0.25, 0.3) is 5.91 Å². The van der Waals surface area contributed by atoms with E-state index in [1.54, 1.807) is 55.6 Å². The molecule has 6 nitrogen and oxygen atoms in total. The van der Waals surface area contributed by atoms with Gasteiger partial charge >= 0.3 is 0 Å². The van der Waals surface area contributed by atoms with E-state index in [1.165, 1.54) is 0 Å². The van der Waals surface area contributed by atoms with Gasteiger partial charge in [-0.25, -0.2) is 0 Å². The van der Waals surface area contributed by atoms with Crippen LogP contribution in [-0.2, 0) is 11.2 Å². The number of amides is 2. The second kappa shape index (κ2) is 10.2. The fourth-order valence-corrected chi connectivity index (χ4v) is 2.92. The van der Waals surface area contributed by atoms with E-state index in [4.69, 9.17) is 17.0 Å². The summed E-state index contributed by atoms with van der Waals surface area (Å²) in [6, 6.07) is 23.3. The third-order valence-electron chi connectivity index (χ3n) is 4.21. The first-order valence-electron chi connectivity index (χ1n) is 9.24. The second-order valence-corrected chi connectivity index (χ2v) is 6.83. The minimum Gasteiger partial charge on any atom is -0.497 e. The van der Waals surface area contributed by atoms with Crippen molar-refractivity contribution in [2.45, 2.75) is 6.42 Å². The third-order valence-corrected chi connectivity index (χ3v) is 4.42. The Balaban J connectivity index is 1.49. The summed E-state index contributed by atoms with van der Waals surface area (Å²) < 4.78 is 5.10. The van der Waals surface area contributed by atoms with Crippen molar-refractivity contribution < 1.29 is 14.3 Å². The van der Waals surface area contributed by atoms with Gasteiger partial charge in [0, 0.05) is 16.9 Å². The van der Waals surface area contributed by atoms with Gasteiger partial charge in [-0.3, -0.25) is 9.59 Å². The average molecular weight is 420 g/mol. The Bertz CT molecular complexity index is 1020. The fourth-order valence-electron chi connectivity index (χ4n) is 2.69. The van der Waals surface area contributed by atoms with Crippen molar-refractivity contribution in [3.8, 4) is 5.75 Å². The molecule has 0 unspecified atom stereocenters. The van der Waals surface area contributed by atoms with E-state index in [1.807, 2.05) is 30.3 Å². The number of rotatable bonds is 6. The first-order chi connectivity index (χ1) is 14.5. The molecule has 0 atom stereocenters. The van der Waals surface area contributed by atoms with E-state index in [-0.39, 0.29) is 23.3 Å². The van der Waals surface area contributed by atoms with Crippen molar-refractivity contribution in [3.63, 3.8) is 0 Å². The number of carbonyl (C=O) groups is 2. The van der Waals surface area contributed by atoms with Gasteiger partial charge in [0.1, 0.15) is 5.75 Å². The summed E-state index contributed by atoms with van der Waals surface area (Å²) in [5.41, 5.74) is 2.79. The first-order valence-corrected chi connectivity index (χ1v) is 9.64. The van der Waals surface area contributed by atoms with Gasteiger partial charge in [-0.1, -0.05) is 30.3 Å². The SMILES string of the molecule is COc1ccc(CC(=O)NC(=S)Nc2ccc(NC(=O)c3ccccc3)cc2)cc1. The molecule has 0 aliphatic heterocycles. The highest BCUT2D eigenvalue weighted by Gasteiger charge is 2.08. The first kappa shape index (κ1) is 21.0. The Morgan fingerprint density at radius 2 is 1.43 bits per heavy atom. The Kier molecular flexibility index (Phi) is 7.13. The Labute approximate surface area is 180 Å². The van der Waals surface area contributed by atoms with Crippen LogP contribution in [0.15, 0.2) is 78.9 Å². The number of hydrogen-bond acceptors (Lipinski definition) is 4. The number of methoxy groups -OCH3 is 1. The highest BCUT2D eigenvalue weighted by molar-refractivity contribution is 7.80. The molecule has 0 saturated heterocycles. The number of benzene rings is 3. The van der Waals surface area contributed by atoms with E-state index in [0.29, 0.717) is 16.9 Å². The minimum absolute atomic E-state index is 0.183. The molecule has 0 spiro atoms. The molecule has 0 aliphatic carbocycles. The molecule has 3 aromatic carbocycles. The van der Waals surface area contributed by atoms with Crippen LogP contribution in [0.25, 0.3) is 0 Å². The number of nitrogens with one attached hydrogen (secondary N) is 3. The van der Waals surface area contributed by atoms with Gasteiger partial charge in [-0.2, -0.15) is 0 Å². The zero-order chi connectivity index (χ0) is 21.3. The molecule has 152 valence electrons. The molecule has 0 fully saturated rings. The fraction of sp³-hybridized carbons (Fsp3) is 0.0870. The third kappa shape index (κ3) is 6.15. The average Bonchev–Trinajstić information content (AvgIpc) is 2.76. The highest BCUT2D eigenvalue weighted by Crippen LogP contribution is 2.15. The summed E-state index contributed by atoms with van der Waals surface area (Å²) in [6.45, 7) is 0. The van der Waals surface area contributed by atoms with E-state index in [2.05, 4.69) is 16.0 Å². The minimum atomic E-state index is -0.218. The van der Waals surface area contributed by atoms with Gasteiger partial charge in [0.15, 0.2) is 5.11 Å². The Morgan fingerprint density at radius 3 is 2.03 bits per heavy atom. The molecule has 3 aromatic rings. The maximum Gasteiger partial charge on any atom is 0.255 e. The summed E-state index contributed by atoms with van der Waals surface area (Å²) in [6.07, 6.45) is 0.205. The van der Waals surface area contributed by atoms with Gasteiger partial charge in [0.05, 0.1) is 13.5 Å². The topological polar surface area (TPSA) is 79.5 Å². The highest BCUT2D eigenvalue weighted by atomic mass is 32.1. The largest absolute Gasteiger partial charge is 0.497 e. The predicted octanol–water partition coefficient (Wildman–Crippen LogP) is 4.00. The predicted molar refractivity (Wildman–Crippen MR) is 122 cm³/mol. The number of thiocarbonyl (C=S) groups is 1. The zero-order valence-electron chi connectivity index (χ0n) is 16.3. The molecule has 2 amide bonds. The lowest BCUT2D eigenvalue weighted by molar-refractivity contribution is -0.119. The van der Waals surface area contributed by atoms with Crippen molar-refractivity contribution in [1.29, 1.82) is 0 Å². The van der Waals surface area contributed by atoms with Crippen LogP contribution in [0.3, 0.4) is 0 Å². The van der Waals surface area contributed by atoms with Crippen molar-refractivity contribution in [2.75, 3.05) is 17.7 Å². The van der Waals surface area contributed by atoms with Gasteiger partial charge < -0.3 is 20.7 Å². The molecule has 0 heterocycles. The van der Waals surface area contributed by atoms with E-state index < -0.39 is 0 Å². The standard InChI is InChI=1S/C23H21N3O3S/c1-29-20-13-7-16(8-14-20)15-21(27)26-23(30)25-19-11-9-18(10-12-19)24-22(28)17-5-3-2-4-6-17/h2-14H,15H2,1H3,(H,24,28)(H2,25,26,27,30). The van der Waals surface area contributed by atoms with Crippen LogP contribution < -0.4 is 20.7 Å². The van der Waals surface area contributed by atoms with Crippen molar-refractivity contribution in [3.05, 3.63) is 90.0 Å². The Hall–Kier alpha value is -3.71.